The van der Waals surface area contributed by atoms with Gasteiger partial charge in [-0.2, -0.15) is 0 Å². The Balaban J connectivity index is 1.89. The Hall–Kier alpha value is -2.83. The van der Waals surface area contributed by atoms with Gasteiger partial charge in [-0.25, -0.2) is 8.42 Å². The Morgan fingerprint density at radius 2 is 1.62 bits per heavy atom. The van der Waals surface area contributed by atoms with Gasteiger partial charge in [0.25, 0.3) is 15.9 Å². The van der Waals surface area contributed by atoms with Crippen LogP contribution in [-0.2, 0) is 10.0 Å². The molecule has 29 heavy (non-hydrogen) atoms. The van der Waals surface area contributed by atoms with Crippen LogP contribution >= 0.6 is 11.6 Å². The van der Waals surface area contributed by atoms with Crippen molar-refractivity contribution in [2.75, 3.05) is 10.0 Å². The van der Waals surface area contributed by atoms with E-state index < -0.39 is 15.9 Å². The third kappa shape index (κ3) is 4.78. The van der Waals surface area contributed by atoms with Crippen molar-refractivity contribution in [3.63, 3.8) is 0 Å². The fourth-order valence-electron chi connectivity index (χ4n) is 2.78. The lowest BCUT2D eigenvalue weighted by atomic mass is 10.1. The molecule has 1 amide bonds. The number of halogens is 1. The van der Waals surface area contributed by atoms with Crippen LogP contribution in [0.4, 0.5) is 11.4 Å². The summed E-state index contributed by atoms with van der Waals surface area (Å²) in [4.78, 5) is 12.8. The van der Waals surface area contributed by atoms with Crippen molar-refractivity contribution < 1.29 is 13.2 Å². The molecule has 3 aromatic rings. The van der Waals surface area contributed by atoms with E-state index in [1.165, 1.54) is 12.1 Å². The first-order valence-corrected chi connectivity index (χ1v) is 10.8. The molecule has 0 aliphatic rings. The number of aryl methyl sites for hydroxylation is 2. The Morgan fingerprint density at radius 3 is 2.31 bits per heavy atom. The van der Waals surface area contributed by atoms with Gasteiger partial charge in [0.1, 0.15) is 0 Å². The minimum atomic E-state index is -3.84. The zero-order chi connectivity index (χ0) is 21.2. The number of hydrogen-bond donors (Lipinski definition) is 2. The van der Waals surface area contributed by atoms with Gasteiger partial charge < -0.3 is 5.32 Å². The Morgan fingerprint density at radius 1 is 0.931 bits per heavy atom. The highest BCUT2D eigenvalue weighted by Crippen LogP contribution is 2.25. The maximum atomic E-state index is 12.8. The summed E-state index contributed by atoms with van der Waals surface area (Å²) in [5, 5.41) is 3.34. The highest BCUT2D eigenvalue weighted by Gasteiger charge is 2.19. The van der Waals surface area contributed by atoms with Crippen LogP contribution in [0, 0.1) is 20.8 Å². The van der Waals surface area contributed by atoms with Crippen molar-refractivity contribution in [3.05, 3.63) is 87.9 Å². The first-order chi connectivity index (χ1) is 13.7. The van der Waals surface area contributed by atoms with Crippen LogP contribution in [0.2, 0.25) is 5.02 Å². The van der Waals surface area contributed by atoms with E-state index in [2.05, 4.69) is 10.0 Å². The Kier molecular flexibility index (Phi) is 5.96. The van der Waals surface area contributed by atoms with Gasteiger partial charge in [0, 0.05) is 22.0 Å². The molecule has 0 fully saturated rings. The second kappa shape index (κ2) is 8.27. The predicted molar refractivity (Wildman–Crippen MR) is 117 cm³/mol. The fraction of sp³-hybridized carbons (Fsp3) is 0.136. The Labute approximate surface area is 175 Å². The highest BCUT2D eigenvalue weighted by molar-refractivity contribution is 7.92. The minimum absolute atomic E-state index is 0.0108. The molecule has 0 heterocycles. The summed E-state index contributed by atoms with van der Waals surface area (Å²) in [6.07, 6.45) is 0. The van der Waals surface area contributed by atoms with Crippen LogP contribution in [0.25, 0.3) is 0 Å². The van der Waals surface area contributed by atoms with E-state index in [4.69, 9.17) is 11.6 Å². The van der Waals surface area contributed by atoms with Crippen molar-refractivity contribution in [2.45, 2.75) is 25.7 Å². The average Bonchev–Trinajstić information content (AvgIpc) is 2.67. The average molecular weight is 429 g/mol. The summed E-state index contributed by atoms with van der Waals surface area (Å²) in [5.74, 6) is -0.403. The highest BCUT2D eigenvalue weighted by atomic mass is 35.5. The molecule has 3 rings (SSSR count). The number of hydrogen-bond acceptors (Lipinski definition) is 3. The number of carbonyl (C=O) groups is 1. The topological polar surface area (TPSA) is 75.3 Å². The zero-order valence-electron chi connectivity index (χ0n) is 16.3. The van der Waals surface area contributed by atoms with Crippen LogP contribution in [-0.4, -0.2) is 14.3 Å². The van der Waals surface area contributed by atoms with Gasteiger partial charge in [0.05, 0.1) is 4.90 Å². The maximum absolute atomic E-state index is 12.8. The lowest BCUT2D eigenvalue weighted by molar-refractivity contribution is 0.102. The van der Waals surface area contributed by atoms with E-state index in [1.807, 2.05) is 19.1 Å². The zero-order valence-corrected chi connectivity index (χ0v) is 17.9. The van der Waals surface area contributed by atoms with E-state index in [0.717, 1.165) is 11.1 Å². The molecule has 0 saturated carbocycles. The van der Waals surface area contributed by atoms with Gasteiger partial charge in [-0.3, -0.25) is 9.52 Å². The monoisotopic (exact) mass is 428 g/mol. The number of carbonyl (C=O) groups excluding carboxylic acids is 1. The number of sulfonamides is 1. The van der Waals surface area contributed by atoms with Crippen molar-refractivity contribution in [1.29, 1.82) is 0 Å². The van der Waals surface area contributed by atoms with Gasteiger partial charge >= 0.3 is 0 Å². The summed E-state index contributed by atoms with van der Waals surface area (Å²) < 4.78 is 28.1. The van der Waals surface area contributed by atoms with Gasteiger partial charge in [-0.15, -0.1) is 0 Å². The molecular formula is C22H21ClN2O3S. The van der Waals surface area contributed by atoms with Gasteiger partial charge in [0.2, 0.25) is 0 Å². The van der Waals surface area contributed by atoms with Crippen LogP contribution in [0.1, 0.15) is 27.0 Å². The predicted octanol–water partition coefficient (Wildman–Crippen LogP) is 5.32. The number of anilines is 2. The smallest absolute Gasteiger partial charge is 0.261 e. The molecule has 0 saturated heterocycles. The Bertz CT molecular complexity index is 1170. The SMILES string of the molecule is Cc1ccc(NS(=O)(=O)c2ccc(C)c(C(=O)Nc3cccc(Cl)c3C)c2)cc1. The van der Waals surface area contributed by atoms with Crippen LogP contribution < -0.4 is 10.0 Å². The van der Waals surface area contributed by atoms with E-state index >= 15 is 0 Å². The molecule has 0 spiro atoms. The van der Waals surface area contributed by atoms with Crippen molar-refractivity contribution >= 4 is 38.9 Å². The van der Waals surface area contributed by atoms with Crippen LogP contribution in [0.15, 0.2) is 65.6 Å². The number of nitrogens with one attached hydrogen (secondary N) is 2. The summed E-state index contributed by atoms with van der Waals surface area (Å²) in [7, 11) is -3.84. The fourth-order valence-corrected chi connectivity index (χ4v) is 4.04. The molecule has 0 aromatic heterocycles. The standard InChI is InChI=1S/C22H21ClN2O3S/c1-14-7-10-17(11-8-14)25-29(27,28)18-12-9-15(2)19(13-18)22(26)24-21-6-4-5-20(23)16(21)3/h4-13,25H,1-3H3,(H,24,26). The molecular weight excluding hydrogens is 408 g/mol. The molecule has 0 atom stereocenters. The largest absolute Gasteiger partial charge is 0.322 e. The normalized spacial score (nSPS) is 11.2. The van der Waals surface area contributed by atoms with E-state index in [1.54, 1.807) is 50.2 Å². The lowest BCUT2D eigenvalue weighted by Gasteiger charge is -2.13. The summed E-state index contributed by atoms with van der Waals surface area (Å²) >= 11 is 6.11. The molecule has 0 bridgehead atoms. The van der Waals surface area contributed by atoms with Crippen molar-refractivity contribution in [3.8, 4) is 0 Å². The molecule has 0 aliphatic carbocycles. The van der Waals surface area contributed by atoms with Crippen molar-refractivity contribution in [1.82, 2.24) is 0 Å². The molecule has 0 radical (unpaired) electrons. The first-order valence-electron chi connectivity index (χ1n) is 8.94. The van der Waals surface area contributed by atoms with Gasteiger partial charge in [0.15, 0.2) is 0 Å². The molecule has 2 N–H and O–H groups in total. The summed E-state index contributed by atoms with van der Waals surface area (Å²) in [5.41, 5.74) is 3.74. The molecule has 7 heteroatoms. The third-order valence-corrected chi connectivity index (χ3v) is 6.37. The molecule has 0 aliphatic heterocycles. The second-order valence-electron chi connectivity index (χ2n) is 6.81. The van der Waals surface area contributed by atoms with E-state index in [9.17, 15) is 13.2 Å². The molecule has 150 valence electrons. The van der Waals surface area contributed by atoms with Crippen LogP contribution in [0.3, 0.4) is 0 Å². The molecule has 3 aromatic carbocycles. The minimum Gasteiger partial charge on any atom is -0.322 e. The maximum Gasteiger partial charge on any atom is 0.261 e. The number of rotatable bonds is 5. The third-order valence-electron chi connectivity index (χ3n) is 4.58. The van der Waals surface area contributed by atoms with E-state index in [0.29, 0.717) is 22.0 Å². The molecule has 0 unspecified atom stereocenters. The summed E-state index contributed by atoms with van der Waals surface area (Å²) in [6.45, 7) is 5.48. The number of amides is 1. The second-order valence-corrected chi connectivity index (χ2v) is 8.90. The summed E-state index contributed by atoms with van der Waals surface area (Å²) in [6, 6.07) is 16.7. The lowest BCUT2D eigenvalue weighted by Crippen LogP contribution is -2.17. The number of benzene rings is 3. The van der Waals surface area contributed by atoms with Gasteiger partial charge in [-0.1, -0.05) is 41.4 Å². The van der Waals surface area contributed by atoms with E-state index in [-0.39, 0.29) is 10.5 Å². The quantitative estimate of drug-likeness (QED) is 0.577. The van der Waals surface area contributed by atoms with Crippen LogP contribution in [0.5, 0.6) is 0 Å². The molecule has 5 nitrogen and oxygen atoms in total. The van der Waals surface area contributed by atoms with Gasteiger partial charge in [-0.05, 0) is 68.3 Å². The van der Waals surface area contributed by atoms with Crippen molar-refractivity contribution in [2.24, 2.45) is 0 Å². The first kappa shape index (κ1) is 20.9.